The Morgan fingerprint density at radius 1 is 1.24 bits per heavy atom. The van der Waals surface area contributed by atoms with Crippen molar-refractivity contribution in [2.24, 2.45) is 5.73 Å². The van der Waals surface area contributed by atoms with Gasteiger partial charge in [0.15, 0.2) is 0 Å². The molecule has 3 rings (SSSR count). The number of nitriles is 1. The summed E-state index contributed by atoms with van der Waals surface area (Å²) in [7, 11) is 0. The van der Waals surface area contributed by atoms with Crippen LogP contribution in [0.2, 0.25) is 0 Å². The van der Waals surface area contributed by atoms with Crippen LogP contribution in [0.4, 0.5) is 10.1 Å². The minimum atomic E-state index is -0.751. The molecule has 21 heavy (non-hydrogen) atoms. The summed E-state index contributed by atoms with van der Waals surface area (Å²) in [6.45, 7) is 0.300. The summed E-state index contributed by atoms with van der Waals surface area (Å²) in [5, 5.41) is 8.78. The van der Waals surface area contributed by atoms with Gasteiger partial charge in [-0.15, -0.1) is 0 Å². The van der Waals surface area contributed by atoms with Crippen molar-refractivity contribution in [3.63, 3.8) is 0 Å². The third kappa shape index (κ3) is 2.26. The lowest BCUT2D eigenvalue weighted by molar-refractivity contribution is -0.119. The van der Waals surface area contributed by atoms with E-state index in [1.54, 1.807) is 30.3 Å². The zero-order valence-electron chi connectivity index (χ0n) is 11.1. The molecule has 1 unspecified atom stereocenters. The van der Waals surface area contributed by atoms with Crippen LogP contribution in [0.15, 0.2) is 42.5 Å². The van der Waals surface area contributed by atoms with Gasteiger partial charge in [-0.2, -0.15) is 5.26 Å². The molecule has 0 aliphatic carbocycles. The van der Waals surface area contributed by atoms with E-state index in [-0.39, 0.29) is 5.91 Å². The fourth-order valence-corrected chi connectivity index (χ4v) is 2.46. The van der Waals surface area contributed by atoms with Crippen LogP contribution in [0, 0.1) is 17.1 Å². The lowest BCUT2D eigenvalue weighted by Crippen LogP contribution is -2.31. The first-order valence-corrected chi connectivity index (χ1v) is 6.45. The molecule has 0 radical (unpaired) electrons. The summed E-state index contributed by atoms with van der Waals surface area (Å²) in [6.07, 6.45) is 0. The molecule has 2 aromatic carbocycles. The van der Waals surface area contributed by atoms with Gasteiger partial charge in [-0.3, -0.25) is 4.79 Å². The Labute approximate surface area is 121 Å². The number of halogens is 1. The molecule has 0 saturated carbocycles. The van der Waals surface area contributed by atoms with E-state index in [2.05, 4.69) is 0 Å². The molecular weight excluding hydrogens is 269 g/mol. The summed E-state index contributed by atoms with van der Waals surface area (Å²) in [5.74, 6) is -0.652. The normalized spacial score (nSPS) is 16.7. The SMILES string of the molecule is N#Cc1ccc(CN2C(=O)C(N)c3ccc(F)cc32)cc1. The highest BCUT2D eigenvalue weighted by molar-refractivity contribution is 6.04. The molecule has 104 valence electrons. The Bertz CT molecular complexity index is 749. The Morgan fingerprint density at radius 2 is 1.95 bits per heavy atom. The number of hydrogen-bond acceptors (Lipinski definition) is 3. The predicted molar refractivity (Wildman–Crippen MR) is 75.7 cm³/mol. The number of amides is 1. The lowest BCUT2D eigenvalue weighted by atomic mass is 10.1. The topological polar surface area (TPSA) is 70.1 Å². The maximum Gasteiger partial charge on any atom is 0.248 e. The third-order valence-electron chi connectivity index (χ3n) is 3.57. The molecule has 0 saturated heterocycles. The third-order valence-corrected chi connectivity index (χ3v) is 3.57. The molecule has 0 bridgehead atoms. The molecule has 0 spiro atoms. The molecule has 4 nitrogen and oxygen atoms in total. The first-order chi connectivity index (χ1) is 10.1. The standard InChI is InChI=1S/C16H12FN3O/c17-12-5-6-13-14(7-12)20(16(21)15(13)19)9-11-3-1-10(8-18)2-4-11/h1-7,15H,9,19H2. The highest BCUT2D eigenvalue weighted by Gasteiger charge is 2.34. The fourth-order valence-electron chi connectivity index (χ4n) is 2.46. The molecule has 1 amide bonds. The average molecular weight is 281 g/mol. The van der Waals surface area contributed by atoms with Gasteiger partial charge in [0.25, 0.3) is 0 Å². The Hall–Kier alpha value is -2.71. The maximum atomic E-state index is 13.4. The van der Waals surface area contributed by atoms with Crippen LogP contribution >= 0.6 is 0 Å². The van der Waals surface area contributed by atoms with Gasteiger partial charge in [0.1, 0.15) is 11.9 Å². The van der Waals surface area contributed by atoms with Gasteiger partial charge in [-0.1, -0.05) is 18.2 Å². The summed E-state index contributed by atoms with van der Waals surface area (Å²) < 4.78 is 13.4. The number of nitrogens with two attached hydrogens (primary N) is 1. The van der Waals surface area contributed by atoms with E-state index in [9.17, 15) is 9.18 Å². The van der Waals surface area contributed by atoms with Gasteiger partial charge in [0, 0.05) is 5.56 Å². The number of carbonyl (C=O) groups excluding carboxylic acids is 1. The summed E-state index contributed by atoms with van der Waals surface area (Å²) in [4.78, 5) is 13.7. The van der Waals surface area contributed by atoms with Gasteiger partial charge in [-0.25, -0.2) is 4.39 Å². The second-order valence-corrected chi connectivity index (χ2v) is 4.91. The van der Waals surface area contributed by atoms with Crippen molar-refractivity contribution in [1.82, 2.24) is 0 Å². The van der Waals surface area contributed by atoms with E-state index >= 15 is 0 Å². The van der Waals surface area contributed by atoms with Gasteiger partial charge < -0.3 is 10.6 Å². The second kappa shape index (κ2) is 5.00. The highest BCUT2D eigenvalue weighted by Crippen LogP contribution is 2.35. The van der Waals surface area contributed by atoms with Crippen molar-refractivity contribution in [1.29, 1.82) is 5.26 Å². The largest absolute Gasteiger partial charge is 0.316 e. The summed E-state index contributed by atoms with van der Waals surface area (Å²) in [5.41, 5.74) is 8.42. The summed E-state index contributed by atoms with van der Waals surface area (Å²) >= 11 is 0. The smallest absolute Gasteiger partial charge is 0.248 e. The van der Waals surface area contributed by atoms with Crippen LogP contribution < -0.4 is 10.6 Å². The van der Waals surface area contributed by atoms with E-state index < -0.39 is 11.9 Å². The fraction of sp³-hybridized carbons (Fsp3) is 0.125. The number of carbonyl (C=O) groups is 1. The van der Waals surface area contributed by atoms with Crippen LogP contribution in [-0.4, -0.2) is 5.91 Å². The molecule has 2 aromatic rings. The van der Waals surface area contributed by atoms with Gasteiger partial charge in [0.05, 0.1) is 23.9 Å². The summed E-state index contributed by atoms with van der Waals surface area (Å²) in [6, 6.07) is 12.4. The monoisotopic (exact) mass is 281 g/mol. The molecule has 0 fully saturated rings. The Kier molecular flexibility index (Phi) is 3.16. The quantitative estimate of drug-likeness (QED) is 0.917. The maximum absolute atomic E-state index is 13.4. The zero-order chi connectivity index (χ0) is 15.0. The van der Waals surface area contributed by atoms with Crippen molar-refractivity contribution < 1.29 is 9.18 Å². The van der Waals surface area contributed by atoms with Crippen LogP contribution in [-0.2, 0) is 11.3 Å². The van der Waals surface area contributed by atoms with Gasteiger partial charge in [0.2, 0.25) is 5.91 Å². The van der Waals surface area contributed by atoms with Crippen LogP contribution in [0.5, 0.6) is 0 Å². The van der Waals surface area contributed by atoms with Crippen LogP contribution in [0.3, 0.4) is 0 Å². The minimum Gasteiger partial charge on any atom is -0.316 e. The predicted octanol–water partition coefficient (Wildman–Crippen LogP) is 2.24. The molecule has 0 aromatic heterocycles. The molecule has 1 aliphatic rings. The van der Waals surface area contributed by atoms with E-state index in [4.69, 9.17) is 11.0 Å². The van der Waals surface area contributed by atoms with E-state index in [0.717, 1.165) is 5.56 Å². The second-order valence-electron chi connectivity index (χ2n) is 4.91. The number of rotatable bonds is 2. The van der Waals surface area contributed by atoms with Crippen molar-refractivity contribution >= 4 is 11.6 Å². The van der Waals surface area contributed by atoms with Crippen LogP contribution in [0.25, 0.3) is 0 Å². The Morgan fingerprint density at radius 3 is 2.62 bits per heavy atom. The van der Waals surface area contributed by atoms with Crippen molar-refractivity contribution in [2.75, 3.05) is 4.90 Å². The molecular formula is C16H12FN3O. The van der Waals surface area contributed by atoms with E-state index in [1.165, 1.54) is 17.0 Å². The lowest BCUT2D eigenvalue weighted by Gasteiger charge is -2.17. The number of fused-ring (bicyclic) bond motifs is 1. The number of anilines is 1. The average Bonchev–Trinajstić information content (AvgIpc) is 2.73. The first kappa shape index (κ1) is 13.3. The van der Waals surface area contributed by atoms with Crippen molar-refractivity contribution in [2.45, 2.75) is 12.6 Å². The molecule has 1 atom stereocenters. The van der Waals surface area contributed by atoms with Gasteiger partial charge in [-0.05, 0) is 29.8 Å². The van der Waals surface area contributed by atoms with Crippen molar-refractivity contribution in [3.8, 4) is 6.07 Å². The van der Waals surface area contributed by atoms with E-state index in [1.807, 2.05) is 6.07 Å². The Balaban J connectivity index is 1.94. The zero-order valence-corrected chi connectivity index (χ0v) is 11.1. The number of benzene rings is 2. The first-order valence-electron chi connectivity index (χ1n) is 6.45. The molecule has 2 N–H and O–H groups in total. The van der Waals surface area contributed by atoms with E-state index in [0.29, 0.717) is 23.4 Å². The van der Waals surface area contributed by atoms with Gasteiger partial charge >= 0.3 is 0 Å². The minimum absolute atomic E-state index is 0.250. The molecule has 1 aliphatic heterocycles. The highest BCUT2D eigenvalue weighted by atomic mass is 19.1. The molecule has 5 heteroatoms. The van der Waals surface area contributed by atoms with Crippen molar-refractivity contribution in [3.05, 3.63) is 65.0 Å². The number of nitrogens with zero attached hydrogens (tertiary/aromatic N) is 2. The molecule has 1 heterocycles. The van der Waals surface area contributed by atoms with Crippen LogP contribution in [0.1, 0.15) is 22.7 Å². The number of hydrogen-bond donors (Lipinski definition) is 1.